The van der Waals surface area contributed by atoms with Gasteiger partial charge in [-0.25, -0.2) is 0 Å². The molecule has 3 N–H and O–H groups in total. The molecule has 4 nitrogen and oxygen atoms in total. The Morgan fingerprint density at radius 3 is 2.39 bits per heavy atom. The second-order valence-corrected chi connectivity index (χ2v) is 6.06. The van der Waals surface area contributed by atoms with Crippen molar-refractivity contribution in [3.05, 3.63) is 0 Å². The zero-order chi connectivity index (χ0) is 13.5. The molecule has 0 aliphatic heterocycles. The molecule has 0 amide bonds. The Labute approximate surface area is 112 Å². The number of nitrogens with one attached hydrogen (secondary N) is 1. The lowest BCUT2D eigenvalue weighted by Crippen LogP contribution is -2.48. The first-order valence-corrected chi connectivity index (χ1v) is 7.23. The quantitative estimate of drug-likeness (QED) is 0.581. The van der Waals surface area contributed by atoms with E-state index in [0.717, 1.165) is 6.54 Å². The van der Waals surface area contributed by atoms with Crippen molar-refractivity contribution in [2.24, 2.45) is 16.6 Å². The van der Waals surface area contributed by atoms with Crippen LogP contribution in [-0.2, 0) is 0 Å². The molecule has 4 heteroatoms. The number of hydrogen-bond donors (Lipinski definition) is 2. The Morgan fingerprint density at radius 1 is 1.28 bits per heavy atom. The van der Waals surface area contributed by atoms with Gasteiger partial charge in [-0.1, -0.05) is 33.1 Å². The van der Waals surface area contributed by atoms with Crippen LogP contribution in [0.3, 0.4) is 0 Å². The smallest absolute Gasteiger partial charge is 0.189 e. The van der Waals surface area contributed by atoms with Crippen molar-refractivity contribution >= 4 is 5.96 Å². The molecule has 1 saturated carbocycles. The third kappa shape index (κ3) is 5.71. The molecule has 1 atom stereocenters. The van der Waals surface area contributed by atoms with Gasteiger partial charge in [-0.05, 0) is 32.9 Å². The van der Waals surface area contributed by atoms with E-state index in [-0.39, 0.29) is 0 Å². The Hall–Kier alpha value is -0.770. The Balaban J connectivity index is 2.48. The molecule has 1 unspecified atom stereocenters. The first-order chi connectivity index (χ1) is 8.49. The molecule has 0 saturated heterocycles. The van der Waals surface area contributed by atoms with E-state index >= 15 is 0 Å². The summed E-state index contributed by atoms with van der Waals surface area (Å²) in [6.07, 6.45) is 6.35. The molecule has 18 heavy (non-hydrogen) atoms. The van der Waals surface area contributed by atoms with E-state index < -0.39 is 0 Å². The third-order valence-electron chi connectivity index (χ3n) is 3.60. The van der Waals surface area contributed by atoms with E-state index in [9.17, 15) is 0 Å². The number of likely N-dealkylation sites (N-methyl/N-ethyl adjacent to an activating group) is 1. The van der Waals surface area contributed by atoms with E-state index in [4.69, 9.17) is 5.73 Å². The predicted octanol–water partition coefficient (Wildman–Crippen LogP) is 1.81. The normalized spacial score (nSPS) is 20.4. The highest BCUT2D eigenvalue weighted by molar-refractivity contribution is 5.78. The summed E-state index contributed by atoms with van der Waals surface area (Å²) in [5.74, 6) is 1.18. The average Bonchev–Trinajstić information content (AvgIpc) is 2.28. The number of nitrogens with two attached hydrogens (primary N) is 1. The highest BCUT2D eigenvalue weighted by atomic mass is 15.2. The fourth-order valence-corrected chi connectivity index (χ4v) is 2.45. The standard InChI is InChI=1S/C14H30N4/c1-11(2)13(10-18(3)4)17-14(15)16-12-8-6-5-7-9-12/h11-13H,5-10H2,1-4H3,(H3,15,16,17). The van der Waals surface area contributed by atoms with Gasteiger partial charge in [0.05, 0.1) is 6.04 Å². The molecule has 1 rings (SSSR count). The molecule has 1 aliphatic rings. The van der Waals surface area contributed by atoms with Crippen molar-refractivity contribution in [3.8, 4) is 0 Å². The van der Waals surface area contributed by atoms with Crippen LogP contribution < -0.4 is 11.1 Å². The second-order valence-electron chi connectivity index (χ2n) is 6.06. The maximum Gasteiger partial charge on any atom is 0.189 e. The summed E-state index contributed by atoms with van der Waals surface area (Å²) in [7, 11) is 4.18. The summed E-state index contributed by atoms with van der Waals surface area (Å²) >= 11 is 0. The zero-order valence-electron chi connectivity index (χ0n) is 12.4. The lowest BCUT2D eigenvalue weighted by Gasteiger charge is -2.27. The number of nitrogens with zero attached hydrogens (tertiary/aromatic N) is 2. The van der Waals surface area contributed by atoms with Crippen LogP contribution in [0, 0.1) is 5.92 Å². The highest BCUT2D eigenvalue weighted by Crippen LogP contribution is 2.20. The molecule has 0 aromatic carbocycles. The van der Waals surface area contributed by atoms with Crippen molar-refractivity contribution in [1.82, 2.24) is 10.2 Å². The van der Waals surface area contributed by atoms with Crippen LogP contribution in [0.5, 0.6) is 0 Å². The van der Waals surface area contributed by atoms with Gasteiger partial charge in [0.15, 0.2) is 5.96 Å². The van der Waals surface area contributed by atoms with E-state index in [1.165, 1.54) is 32.1 Å². The van der Waals surface area contributed by atoms with Crippen molar-refractivity contribution in [2.75, 3.05) is 20.6 Å². The Morgan fingerprint density at radius 2 is 1.89 bits per heavy atom. The molecular weight excluding hydrogens is 224 g/mol. The molecule has 0 radical (unpaired) electrons. The number of hydrogen-bond acceptors (Lipinski definition) is 2. The molecule has 106 valence electrons. The molecule has 1 fully saturated rings. The SMILES string of the molecule is CC(C)C(CN(C)C)NC(N)=NC1CCCCC1. The summed E-state index contributed by atoms with van der Waals surface area (Å²) in [5.41, 5.74) is 6.04. The molecule has 0 aromatic rings. The Kier molecular flexibility index (Phi) is 6.47. The molecule has 0 heterocycles. The van der Waals surface area contributed by atoms with E-state index in [2.05, 4.69) is 43.2 Å². The fourth-order valence-electron chi connectivity index (χ4n) is 2.45. The van der Waals surface area contributed by atoms with Gasteiger partial charge in [0, 0.05) is 12.6 Å². The third-order valence-corrected chi connectivity index (χ3v) is 3.60. The number of guanidine groups is 1. The van der Waals surface area contributed by atoms with Gasteiger partial charge in [-0.2, -0.15) is 0 Å². The highest BCUT2D eigenvalue weighted by Gasteiger charge is 2.16. The van der Waals surface area contributed by atoms with Crippen molar-refractivity contribution in [2.45, 2.75) is 58.0 Å². The zero-order valence-corrected chi connectivity index (χ0v) is 12.4. The number of rotatable bonds is 5. The minimum Gasteiger partial charge on any atom is -0.370 e. The van der Waals surface area contributed by atoms with Gasteiger partial charge < -0.3 is 16.0 Å². The first-order valence-electron chi connectivity index (χ1n) is 7.23. The van der Waals surface area contributed by atoms with E-state index in [1.54, 1.807) is 0 Å². The van der Waals surface area contributed by atoms with Crippen LogP contribution in [-0.4, -0.2) is 43.6 Å². The van der Waals surface area contributed by atoms with Gasteiger partial charge in [0.2, 0.25) is 0 Å². The van der Waals surface area contributed by atoms with Crippen LogP contribution in [0.2, 0.25) is 0 Å². The van der Waals surface area contributed by atoms with Crippen molar-refractivity contribution < 1.29 is 0 Å². The fraction of sp³-hybridized carbons (Fsp3) is 0.929. The maximum absolute atomic E-state index is 6.04. The topological polar surface area (TPSA) is 53.6 Å². The summed E-state index contributed by atoms with van der Waals surface area (Å²) in [4.78, 5) is 6.82. The molecule has 0 bridgehead atoms. The van der Waals surface area contributed by atoms with Gasteiger partial charge in [-0.15, -0.1) is 0 Å². The maximum atomic E-state index is 6.04. The minimum atomic E-state index is 0.368. The van der Waals surface area contributed by atoms with Gasteiger partial charge >= 0.3 is 0 Å². The summed E-state index contributed by atoms with van der Waals surface area (Å²) in [5, 5.41) is 3.38. The molecule has 0 spiro atoms. The largest absolute Gasteiger partial charge is 0.370 e. The predicted molar refractivity (Wildman–Crippen MR) is 78.8 cm³/mol. The van der Waals surface area contributed by atoms with Gasteiger partial charge in [0.1, 0.15) is 0 Å². The van der Waals surface area contributed by atoms with Crippen molar-refractivity contribution in [1.29, 1.82) is 0 Å². The van der Waals surface area contributed by atoms with Crippen LogP contribution in [0.15, 0.2) is 4.99 Å². The van der Waals surface area contributed by atoms with Crippen LogP contribution >= 0.6 is 0 Å². The first kappa shape index (κ1) is 15.3. The molecular formula is C14H30N4. The average molecular weight is 254 g/mol. The Bertz CT molecular complexity index is 255. The lowest BCUT2D eigenvalue weighted by molar-refractivity contribution is 0.312. The van der Waals surface area contributed by atoms with Gasteiger partial charge in [0.25, 0.3) is 0 Å². The summed E-state index contributed by atoms with van der Waals surface area (Å²) in [6.45, 7) is 5.42. The second kappa shape index (κ2) is 7.62. The van der Waals surface area contributed by atoms with E-state index in [0.29, 0.717) is 24.0 Å². The summed E-state index contributed by atoms with van der Waals surface area (Å²) < 4.78 is 0. The van der Waals surface area contributed by atoms with Crippen molar-refractivity contribution in [3.63, 3.8) is 0 Å². The van der Waals surface area contributed by atoms with Crippen LogP contribution in [0.4, 0.5) is 0 Å². The van der Waals surface area contributed by atoms with E-state index in [1.807, 2.05) is 0 Å². The molecule has 0 aromatic heterocycles. The number of aliphatic imine (C=N–C) groups is 1. The molecule has 1 aliphatic carbocycles. The van der Waals surface area contributed by atoms with Crippen LogP contribution in [0.25, 0.3) is 0 Å². The van der Waals surface area contributed by atoms with Gasteiger partial charge in [-0.3, -0.25) is 4.99 Å². The monoisotopic (exact) mass is 254 g/mol. The van der Waals surface area contributed by atoms with Crippen LogP contribution in [0.1, 0.15) is 46.0 Å². The summed E-state index contributed by atoms with van der Waals surface area (Å²) in [6, 6.07) is 0.811. The minimum absolute atomic E-state index is 0.368. The lowest BCUT2D eigenvalue weighted by atomic mass is 9.96.